The second-order valence-electron chi connectivity index (χ2n) is 5.43. The number of nitrogens with one attached hydrogen (secondary N) is 2. The summed E-state index contributed by atoms with van der Waals surface area (Å²) in [5.41, 5.74) is 6.43. The maximum atomic E-state index is 11.7. The maximum absolute atomic E-state index is 11.7. The second-order valence-corrected chi connectivity index (χ2v) is 5.43. The molecule has 4 N–H and O–H groups in total. The van der Waals surface area contributed by atoms with Crippen LogP contribution in [0.25, 0.3) is 0 Å². The molecule has 1 aromatic rings. The number of carbonyl (C=O) groups is 2. The molecule has 5 nitrogen and oxygen atoms in total. The number of benzene rings is 1. The molecule has 0 atom stereocenters. The van der Waals surface area contributed by atoms with E-state index in [9.17, 15) is 9.59 Å². The van der Waals surface area contributed by atoms with Crippen LogP contribution >= 0.6 is 12.4 Å². The number of nitrogen functional groups attached to an aromatic ring is 1. The molecule has 0 aliphatic carbocycles. The van der Waals surface area contributed by atoms with Gasteiger partial charge in [0.25, 0.3) is 5.91 Å². The normalized spacial score (nSPS) is 10.3. The molecule has 2 amide bonds. The number of hydrogen-bond acceptors (Lipinski definition) is 3. The van der Waals surface area contributed by atoms with Crippen LogP contribution in [-0.2, 0) is 4.79 Å². The van der Waals surface area contributed by atoms with Crippen molar-refractivity contribution in [3.05, 3.63) is 29.8 Å². The van der Waals surface area contributed by atoms with Crippen molar-refractivity contribution in [3.63, 3.8) is 0 Å². The van der Waals surface area contributed by atoms with E-state index in [4.69, 9.17) is 5.73 Å². The highest BCUT2D eigenvalue weighted by Crippen LogP contribution is 2.05. The minimum Gasteiger partial charge on any atom is -0.399 e. The highest BCUT2D eigenvalue weighted by molar-refractivity contribution is 5.94. The first kappa shape index (κ1) is 18.2. The number of anilines is 1. The molecule has 0 saturated carbocycles. The predicted octanol–water partition coefficient (Wildman–Crippen LogP) is 1.73. The van der Waals surface area contributed by atoms with E-state index < -0.39 is 0 Å². The van der Waals surface area contributed by atoms with E-state index in [1.165, 1.54) is 0 Å². The molecule has 6 heteroatoms. The minimum atomic E-state index is -0.252. The Morgan fingerprint density at radius 2 is 1.70 bits per heavy atom. The fraction of sp³-hybridized carbons (Fsp3) is 0.429. The predicted molar refractivity (Wildman–Crippen MR) is 82.9 cm³/mol. The van der Waals surface area contributed by atoms with Crippen molar-refractivity contribution >= 4 is 29.9 Å². The van der Waals surface area contributed by atoms with Gasteiger partial charge in [0.2, 0.25) is 5.91 Å². The Morgan fingerprint density at radius 3 is 2.20 bits per heavy atom. The van der Waals surface area contributed by atoms with Crippen LogP contribution in [0, 0.1) is 0 Å². The fourth-order valence-electron chi connectivity index (χ4n) is 1.51. The summed E-state index contributed by atoms with van der Waals surface area (Å²) in [5, 5.41) is 5.53. The summed E-state index contributed by atoms with van der Waals surface area (Å²) < 4.78 is 0. The van der Waals surface area contributed by atoms with E-state index in [-0.39, 0.29) is 36.2 Å². The van der Waals surface area contributed by atoms with E-state index in [2.05, 4.69) is 10.6 Å². The molecule has 0 aliphatic heterocycles. The van der Waals surface area contributed by atoms with Gasteiger partial charge in [-0.1, -0.05) is 0 Å². The van der Waals surface area contributed by atoms with Crippen LogP contribution in [0.1, 0.15) is 37.6 Å². The summed E-state index contributed by atoms with van der Waals surface area (Å²) in [6, 6.07) is 6.64. The third-order valence-corrected chi connectivity index (χ3v) is 2.32. The lowest BCUT2D eigenvalue weighted by molar-refractivity contribution is -0.122. The van der Waals surface area contributed by atoms with E-state index in [1.807, 2.05) is 20.8 Å². The Kier molecular flexibility index (Phi) is 7.07. The van der Waals surface area contributed by atoms with Crippen molar-refractivity contribution in [2.45, 2.75) is 32.7 Å². The zero-order chi connectivity index (χ0) is 14.5. The average Bonchev–Trinajstić information content (AvgIpc) is 2.27. The number of rotatable bonds is 4. The summed E-state index contributed by atoms with van der Waals surface area (Å²) in [4.78, 5) is 23.3. The molecule has 20 heavy (non-hydrogen) atoms. The summed E-state index contributed by atoms with van der Waals surface area (Å²) in [6.07, 6.45) is 0.262. The van der Waals surface area contributed by atoms with Gasteiger partial charge in [-0.2, -0.15) is 0 Å². The quantitative estimate of drug-likeness (QED) is 0.740. The Labute approximate surface area is 125 Å². The third-order valence-electron chi connectivity index (χ3n) is 2.32. The lowest BCUT2D eigenvalue weighted by atomic mass is 10.1. The third kappa shape index (κ3) is 6.99. The van der Waals surface area contributed by atoms with E-state index >= 15 is 0 Å². The van der Waals surface area contributed by atoms with Crippen molar-refractivity contribution in [3.8, 4) is 0 Å². The van der Waals surface area contributed by atoms with Gasteiger partial charge in [0.1, 0.15) is 0 Å². The fourth-order valence-corrected chi connectivity index (χ4v) is 1.51. The first-order valence-electron chi connectivity index (χ1n) is 6.23. The number of hydrogen-bond donors (Lipinski definition) is 3. The summed E-state index contributed by atoms with van der Waals surface area (Å²) in [7, 11) is 0. The molecule has 0 unspecified atom stereocenters. The Bertz CT molecular complexity index is 452. The van der Waals surface area contributed by atoms with Gasteiger partial charge in [0.05, 0.1) is 0 Å². The Balaban J connectivity index is 0.00000361. The highest BCUT2D eigenvalue weighted by Gasteiger charge is 2.13. The van der Waals surface area contributed by atoms with Crippen LogP contribution in [-0.4, -0.2) is 23.9 Å². The van der Waals surface area contributed by atoms with Crippen molar-refractivity contribution in [1.29, 1.82) is 0 Å². The van der Waals surface area contributed by atoms with E-state index in [0.717, 1.165) is 0 Å². The molecule has 0 heterocycles. The molecule has 1 rings (SSSR count). The summed E-state index contributed by atoms with van der Waals surface area (Å²) in [5.74, 6) is -0.284. The van der Waals surface area contributed by atoms with Crippen molar-refractivity contribution in [2.75, 3.05) is 12.3 Å². The topological polar surface area (TPSA) is 84.2 Å². The van der Waals surface area contributed by atoms with Gasteiger partial charge in [-0.25, -0.2) is 0 Å². The molecule has 0 saturated heterocycles. The molecule has 0 radical (unpaired) electrons. The van der Waals surface area contributed by atoms with Crippen LogP contribution in [0.3, 0.4) is 0 Å². The number of carbonyl (C=O) groups excluding carboxylic acids is 2. The average molecular weight is 300 g/mol. The number of amides is 2. The largest absolute Gasteiger partial charge is 0.399 e. The van der Waals surface area contributed by atoms with Gasteiger partial charge in [-0.15, -0.1) is 12.4 Å². The summed E-state index contributed by atoms with van der Waals surface area (Å²) >= 11 is 0. The Morgan fingerprint density at radius 1 is 1.15 bits per heavy atom. The second kappa shape index (κ2) is 7.75. The molecular formula is C14H22ClN3O2. The van der Waals surface area contributed by atoms with Gasteiger partial charge in [-0.3, -0.25) is 9.59 Å². The van der Waals surface area contributed by atoms with Crippen LogP contribution in [0.4, 0.5) is 5.69 Å². The first-order chi connectivity index (χ1) is 8.78. The minimum absolute atomic E-state index is 0. The molecule has 0 aliphatic rings. The molecule has 0 bridgehead atoms. The zero-order valence-corrected chi connectivity index (χ0v) is 12.8. The smallest absolute Gasteiger partial charge is 0.251 e. The van der Waals surface area contributed by atoms with Gasteiger partial charge >= 0.3 is 0 Å². The monoisotopic (exact) mass is 299 g/mol. The van der Waals surface area contributed by atoms with Crippen molar-refractivity contribution in [2.24, 2.45) is 0 Å². The van der Waals surface area contributed by atoms with E-state index in [0.29, 0.717) is 17.8 Å². The Hall–Kier alpha value is -1.75. The van der Waals surface area contributed by atoms with Gasteiger partial charge in [-0.05, 0) is 45.0 Å². The zero-order valence-electron chi connectivity index (χ0n) is 12.0. The van der Waals surface area contributed by atoms with Gasteiger partial charge in [0.15, 0.2) is 0 Å². The molecule has 0 aromatic heterocycles. The maximum Gasteiger partial charge on any atom is 0.251 e. The summed E-state index contributed by atoms with van der Waals surface area (Å²) in [6.45, 7) is 6.05. The van der Waals surface area contributed by atoms with Gasteiger partial charge < -0.3 is 16.4 Å². The SMILES string of the molecule is CC(C)(C)NC(=O)CCNC(=O)c1ccc(N)cc1.Cl. The van der Waals surface area contributed by atoms with Crippen molar-refractivity contribution in [1.82, 2.24) is 10.6 Å². The standard InChI is InChI=1S/C14H21N3O2.ClH/c1-14(2,3)17-12(18)8-9-16-13(19)10-4-6-11(15)7-5-10;/h4-7H,8-9,15H2,1-3H3,(H,16,19)(H,17,18);1H. The van der Waals surface area contributed by atoms with Crippen molar-refractivity contribution < 1.29 is 9.59 Å². The molecule has 0 spiro atoms. The molecule has 1 aromatic carbocycles. The van der Waals surface area contributed by atoms with Crippen LogP contribution in [0.2, 0.25) is 0 Å². The number of nitrogens with two attached hydrogens (primary N) is 1. The molecule has 112 valence electrons. The number of halogens is 1. The highest BCUT2D eigenvalue weighted by atomic mass is 35.5. The lowest BCUT2D eigenvalue weighted by Gasteiger charge is -2.20. The van der Waals surface area contributed by atoms with Crippen LogP contribution in [0.5, 0.6) is 0 Å². The van der Waals surface area contributed by atoms with Crippen LogP contribution < -0.4 is 16.4 Å². The molecular weight excluding hydrogens is 278 g/mol. The lowest BCUT2D eigenvalue weighted by Crippen LogP contribution is -2.41. The van der Waals surface area contributed by atoms with Gasteiger partial charge in [0, 0.05) is 29.8 Å². The van der Waals surface area contributed by atoms with Crippen LogP contribution in [0.15, 0.2) is 24.3 Å². The first-order valence-corrected chi connectivity index (χ1v) is 6.23. The molecule has 0 fully saturated rings. The van der Waals surface area contributed by atoms with E-state index in [1.54, 1.807) is 24.3 Å².